The Balaban J connectivity index is 2.13. The van der Waals surface area contributed by atoms with Crippen molar-refractivity contribution in [3.8, 4) is 17.2 Å². The number of ether oxygens (including phenoxy) is 3. The number of halogens is 1. The Labute approximate surface area is 166 Å². The molecule has 0 bridgehead atoms. The molecule has 0 saturated heterocycles. The third-order valence-electron chi connectivity index (χ3n) is 3.69. The normalized spacial score (nSPS) is 10.6. The van der Waals surface area contributed by atoms with Gasteiger partial charge in [-0.05, 0) is 29.8 Å². The Morgan fingerprint density at radius 3 is 2.57 bits per heavy atom. The molecule has 0 atom stereocenters. The molecule has 2 rings (SSSR count). The van der Waals surface area contributed by atoms with Crippen LogP contribution in [0.4, 0.5) is 5.69 Å². The van der Waals surface area contributed by atoms with Crippen molar-refractivity contribution >= 4 is 29.4 Å². The van der Waals surface area contributed by atoms with Crippen LogP contribution >= 0.6 is 11.6 Å². The van der Waals surface area contributed by atoms with Crippen LogP contribution in [0.15, 0.2) is 35.4 Å². The number of carbonyl (C=O) groups excluding carboxylic acids is 1. The third-order valence-corrected chi connectivity index (χ3v) is 4.05. The minimum Gasteiger partial charge on any atom is -0.497 e. The van der Waals surface area contributed by atoms with Gasteiger partial charge in [0.05, 0.1) is 38.9 Å². The second-order valence-electron chi connectivity index (χ2n) is 5.46. The fraction of sp³-hybridized carbons (Fsp3) is 0.222. The van der Waals surface area contributed by atoms with Crippen molar-refractivity contribution in [3.63, 3.8) is 0 Å². The number of methoxy groups -OCH3 is 3. The Bertz CT molecular complexity index is 916. The number of rotatable bonds is 8. The SMILES string of the molecule is COc1ccc(Cl)c(CC(=O)N/N=C/c2cc(OC)c(OC)c([N+](=O)[O-])c2)c1. The summed E-state index contributed by atoms with van der Waals surface area (Å²) in [6.45, 7) is 0. The van der Waals surface area contributed by atoms with Gasteiger partial charge in [0, 0.05) is 16.7 Å². The molecule has 0 radical (unpaired) electrons. The molecule has 0 aliphatic rings. The number of benzene rings is 2. The first-order valence-corrected chi connectivity index (χ1v) is 8.32. The molecule has 2 aromatic carbocycles. The summed E-state index contributed by atoms with van der Waals surface area (Å²) in [5.41, 5.74) is 3.00. The van der Waals surface area contributed by atoms with Gasteiger partial charge in [0.1, 0.15) is 5.75 Å². The van der Waals surface area contributed by atoms with Gasteiger partial charge in [-0.15, -0.1) is 0 Å². The van der Waals surface area contributed by atoms with Crippen molar-refractivity contribution < 1.29 is 23.9 Å². The molecule has 0 fully saturated rings. The van der Waals surface area contributed by atoms with E-state index in [4.69, 9.17) is 25.8 Å². The molecule has 2 aromatic rings. The van der Waals surface area contributed by atoms with Crippen LogP contribution in [0.5, 0.6) is 17.2 Å². The van der Waals surface area contributed by atoms with Gasteiger partial charge in [0.15, 0.2) is 5.75 Å². The van der Waals surface area contributed by atoms with Crippen LogP contribution in [0.2, 0.25) is 5.02 Å². The van der Waals surface area contributed by atoms with Crippen molar-refractivity contribution in [2.45, 2.75) is 6.42 Å². The van der Waals surface area contributed by atoms with Crippen LogP contribution in [-0.2, 0) is 11.2 Å². The van der Waals surface area contributed by atoms with Gasteiger partial charge in [-0.2, -0.15) is 5.10 Å². The van der Waals surface area contributed by atoms with E-state index in [-0.39, 0.29) is 23.6 Å². The summed E-state index contributed by atoms with van der Waals surface area (Å²) < 4.78 is 15.2. The summed E-state index contributed by atoms with van der Waals surface area (Å²) in [4.78, 5) is 22.7. The van der Waals surface area contributed by atoms with Crippen LogP contribution in [0.25, 0.3) is 0 Å². The van der Waals surface area contributed by atoms with E-state index in [1.807, 2.05) is 0 Å². The summed E-state index contributed by atoms with van der Waals surface area (Å²) in [5.74, 6) is 0.337. The highest BCUT2D eigenvalue weighted by molar-refractivity contribution is 6.31. The molecule has 0 spiro atoms. The van der Waals surface area contributed by atoms with Crippen LogP contribution in [-0.4, -0.2) is 38.4 Å². The number of hydrogen-bond acceptors (Lipinski definition) is 7. The fourth-order valence-corrected chi connectivity index (χ4v) is 2.56. The largest absolute Gasteiger partial charge is 0.497 e. The van der Waals surface area contributed by atoms with Gasteiger partial charge >= 0.3 is 5.69 Å². The summed E-state index contributed by atoms with van der Waals surface area (Å²) in [6.07, 6.45) is 1.25. The lowest BCUT2D eigenvalue weighted by atomic mass is 10.1. The number of hydrogen-bond donors (Lipinski definition) is 1. The Morgan fingerprint density at radius 2 is 1.96 bits per heavy atom. The molecule has 0 aromatic heterocycles. The molecule has 148 valence electrons. The molecule has 0 aliphatic carbocycles. The van der Waals surface area contributed by atoms with E-state index >= 15 is 0 Å². The third kappa shape index (κ3) is 5.10. The standard InChI is InChI=1S/C18H18ClN3O6/c1-26-13-4-5-14(19)12(8-13)9-17(23)21-20-10-11-6-15(22(24)25)18(28-3)16(7-11)27-2/h4-8,10H,9H2,1-3H3,(H,21,23)/b20-10+. The van der Waals surface area contributed by atoms with Gasteiger partial charge in [-0.25, -0.2) is 5.43 Å². The molecule has 28 heavy (non-hydrogen) atoms. The van der Waals surface area contributed by atoms with Crippen molar-refractivity contribution in [2.75, 3.05) is 21.3 Å². The molecular formula is C18H18ClN3O6. The quantitative estimate of drug-likeness (QED) is 0.409. The zero-order chi connectivity index (χ0) is 20.7. The van der Waals surface area contributed by atoms with E-state index in [0.29, 0.717) is 21.9 Å². The lowest BCUT2D eigenvalue weighted by Crippen LogP contribution is -2.20. The average Bonchev–Trinajstić information content (AvgIpc) is 2.68. The maximum Gasteiger partial charge on any atom is 0.315 e. The van der Waals surface area contributed by atoms with Crippen molar-refractivity contribution in [2.24, 2.45) is 5.10 Å². The minimum absolute atomic E-state index is 0.00125. The second-order valence-corrected chi connectivity index (χ2v) is 5.87. The van der Waals surface area contributed by atoms with E-state index in [0.717, 1.165) is 0 Å². The number of nitro benzene ring substituents is 1. The highest BCUT2D eigenvalue weighted by atomic mass is 35.5. The molecular weight excluding hydrogens is 390 g/mol. The molecule has 0 unspecified atom stereocenters. The van der Waals surface area contributed by atoms with E-state index in [9.17, 15) is 14.9 Å². The second kappa shape index (κ2) is 9.56. The molecule has 0 saturated carbocycles. The number of amides is 1. The van der Waals surface area contributed by atoms with Crippen LogP contribution < -0.4 is 19.6 Å². The van der Waals surface area contributed by atoms with E-state index in [1.54, 1.807) is 18.2 Å². The molecule has 0 heterocycles. The minimum atomic E-state index is -0.595. The lowest BCUT2D eigenvalue weighted by Gasteiger charge is -2.08. The molecule has 1 amide bonds. The van der Waals surface area contributed by atoms with E-state index in [1.165, 1.54) is 39.7 Å². The number of nitrogens with one attached hydrogen (secondary N) is 1. The maximum atomic E-state index is 12.1. The fourth-order valence-electron chi connectivity index (χ4n) is 2.38. The first-order valence-electron chi connectivity index (χ1n) is 7.94. The van der Waals surface area contributed by atoms with Crippen molar-refractivity contribution in [1.29, 1.82) is 0 Å². The highest BCUT2D eigenvalue weighted by Crippen LogP contribution is 2.37. The van der Waals surface area contributed by atoms with E-state index < -0.39 is 10.8 Å². The first-order chi connectivity index (χ1) is 13.4. The summed E-state index contributed by atoms with van der Waals surface area (Å²) >= 11 is 6.07. The topological polar surface area (TPSA) is 112 Å². The highest BCUT2D eigenvalue weighted by Gasteiger charge is 2.21. The van der Waals surface area contributed by atoms with Gasteiger partial charge in [0.25, 0.3) is 0 Å². The number of nitro groups is 1. The molecule has 10 heteroatoms. The van der Waals surface area contributed by atoms with Gasteiger partial charge in [0.2, 0.25) is 11.7 Å². The average molecular weight is 408 g/mol. The van der Waals surface area contributed by atoms with Gasteiger partial charge in [-0.1, -0.05) is 11.6 Å². The number of carbonyl (C=O) groups is 1. The molecule has 0 aliphatic heterocycles. The van der Waals surface area contributed by atoms with Crippen LogP contribution in [0, 0.1) is 10.1 Å². The number of nitrogens with zero attached hydrogens (tertiary/aromatic N) is 2. The maximum absolute atomic E-state index is 12.1. The van der Waals surface area contributed by atoms with E-state index in [2.05, 4.69) is 10.5 Å². The van der Waals surface area contributed by atoms with Crippen LogP contribution in [0.1, 0.15) is 11.1 Å². The molecule has 9 nitrogen and oxygen atoms in total. The van der Waals surface area contributed by atoms with Crippen molar-refractivity contribution in [1.82, 2.24) is 5.43 Å². The smallest absolute Gasteiger partial charge is 0.315 e. The van der Waals surface area contributed by atoms with Gasteiger partial charge < -0.3 is 14.2 Å². The first kappa shape index (κ1) is 21.0. The predicted molar refractivity (Wildman–Crippen MR) is 104 cm³/mol. The zero-order valence-corrected chi connectivity index (χ0v) is 16.1. The lowest BCUT2D eigenvalue weighted by molar-refractivity contribution is -0.385. The van der Waals surface area contributed by atoms with Gasteiger partial charge in [-0.3, -0.25) is 14.9 Å². The Hall–Kier alpha value is -3.33. The predicted octanol–water partition coefficient (Wildman–Crippen LogP) is 2.97. The Morgan fingerprint density at radius 1 is 1.21 bits per heavy atom. The summed E-state index contributed by atoms with van der Waals surface area (Å²) in [7, 11) is 4.18. The Kier molecular flexibility index (Phi) is 7.16. The summed E-state index contributed by atoms with van der Waals surface area (Å²) in [6, 6.07) is 7.74. The molecule has 1 N–H and O–H groups in total. The monoisotopic (exact) mass is 407 g/mol. The van der Waals surface area contributed by atoms with Crippen molar-refractivity contribution in [3.05, 3.63) is 56.6 Å². The zero-order valence-electron chi connectivity index (χ0n) is 15.4. The van der Waals surface area contributed by atoms with Crippen LogP contribution in [0.3, 0.4) is 0 Å². The number of hydrazone groups is 1. The summed E-state index contributed by atoms with van der Waals surface area (Å²) in [5, 5.41) is 15.5.